The summed E-state index contributed by atoms with van der Waals surface area (Å²) in [5.74, 6) is 0.817. The van der Waals surface area contributed by atoms with Gasteiger partial charge in [-0.3, -0.25) is 14.6 Å². The third kappa shape index (κ3) is 3.98. The molecule has 1 aromatic carbocycles. The van der Waals surface area contributed by atoms with Crippen LogP contribution in [0, 0.1) is 6.92 Å². The molecule has 0 bridgehead atoms. The van der Waals surface area contributed by atoms with Crippen LogP contribution in [-0.2, 0) is 17.1 Å². The molecule has 158 valence electrons. The van der Waals surface area contributed by atoms with Gasteiger partial charge in [0.05, 0.1) is 24.1 Å². The van der Waals surface area contributed by atoms with E-state index in [1.54, 1.807) is 16.6 Å². The molecule has 3 aromatic rings. The maximum absolute atomic E-state index is 13.3. The fourth-order valence-electron chi connectivity index (χ4n) is 3.71. The maximum Gasteiger partial charge on any atom is 0.257 e. The molecule has 1 aliphatic heterocycles. The molecule has 2 N–H and O–H groups in total. The van der Waals surface area contributed by atoms with E-state index in [0.29, 0.717) is 23.6 Å². The number of rotatable bonds is 5. The Balaban J connectivity index is 1.67. The van der Waals surface area contributed by atoms with E-state index < -0.39 is 22.1 Å². The molecular formula is C19H23N7O3S. The average Bonchev–Trinajstić information content (AvgIpc) is 3.41. The molecule has 1 amide bonds. The standard InChI is InChI=1S/C19H23N7O3S/c1-12-15(10-20-25(12)2)19(27)26-11-14(24-30(3,28)29)9-16(26)18-21-17(22-23-18)13-7-5-4-6-8-13/h4-8,10,14,16,24H,9,11H2,1-3H3,(H,21,22,23). The minimum atomic E-state index is -3.42. The van der Waals surface area contributed by atoms with Gasteiger partial charge in [0.1, 0.15) is 5.82 Å². The summed E-state index contributed by atoms with van der Waals surface area (Å²) in [6.45, 7) is 2.05. The van der Waals surface area contributed by atoms with Gasteiger partial charge in [0, 0.05) is 30.9 Å². The Hall–Kier alpha value is -3.05. The minimum Gasteiger partial charge on any atom is -0.327 e. The van der Waals surface area contributed by atoms with E-state index in [2.05, 4.69) is 25.0 Å². The molecule has 0 radical (unpaired) electrons. The van der Waals surface area contributed by atoms with Crippen LogP contribution in [0.2, 0.25) is 0 Å². The van der Waals surface area contributed by atoms with Gasteiger partial charge in [-0.1, -0.05) is 30.3 Å². The molecule has 2 aromatic heterocycles. The SMILES string of the molecule is Cc1c(C(=O)N2CC(NS(C)(=O)=O)CC2c2nc(-c3ccccc3)n[nH]2)cnn1C. The van der Waals surface area contributed by atoms with Crippen LogP contribution in [0.3, 0.4) is 0 Å². The number of H-pyrrole nitrogens is 1. The predicted octanol–water partition coefficient (Wildman–Crippen LogP) is 1.02. The summed E-state index contributed by atoms with van der Waals surface area (Å²) in [6.07, 6.45) is 3.03. The number of hydrogen-bond acceptors (Lipinski definition) is 6. The number of amides is 1. The molecule has 0 aliphatic carbocycles. The van der Waals surface area contributed by atoms with Gasteiger partial charge in [-0.15, -0.1) is 0 Å². The van der Waals surface area contributed by atoms with Crippen LogP contribution in [0.4, 0.5) is 0 Å². The number of likely N-dealkylation sites (tertiary alicyclic amines) is 1. The van der Waals surface area contributed by atoms with Crippen molar-refractivity contribution in [2.24, 2.45) is 7.05 Å². The number of carbonyl (C=O) groups excluding carboxylic acids is 1. The fourth-order valence-corrected chi connectivity index (χ4v) is 4.49. The Labute approximate surface area is 174 Å². The lowest BCUT2D eigenvalue weighted by Gasteiger charge is -2.22. The van der Waals surface area contributed by atoms with Crippen molar-refractivity contribution in [3.8, 4) is 11.4 Å². The summed E-state index contributed by atoms with van der Waals surface area (Å²) in [7, 11) is -1.65. The van der Waals surface area contributed by atoms with Crippen LogP contribution in [-0.4, -0.2) is 63.0 Å². The number of aromatic nitrogens is 5. The fraction of sp³-hybridized carbons (Fsp3) is 0.368. The highest BCUT2D eigenvalue weighted by Crippen LogP contribution is 2.33. The first-order valence-electron chi connectivity index (χ1n) is 9.47. The minimum absolute atomic E-state index is 0.221. The molecule has 11 heteroatoms. The number of hydrogen-bond donors (Lipinski definition) is 2. The molecule has 1 aliphatic rings. The summed E-state index contributed by atoms with van der Waals surface area (Å²) in [5.41, 5.74) is 2.07. The maximum atomic E-state index is 13.3. The van der Waals surface area contributed by atoms with Crippen LogP contribution in [0.15, 0.2) is 36.5 Å². The van der Waals surface area contributed by atoms with Crippen molar-refractivity contribution in [2.75, 3.05) is 12.8 Å². The van der Waals surface area contributed by atoms with Crippen LogP contribution >= 0.6 is 0 Å². The number of aryl methyl sites for hydroxylation is 1. The Kier molecular flexibility index (Phi) is 5.16. The zero-order valence-electron chi connectivity index (χ0n) is 16.9. The first kappa shape index (κ1) is 20.2. The highest BCUT2D eigenvalue weighted by Gasteiger charge is 2.40. The zero-order chi connectivity index (χ0) is 21.5. The van der Waals surface area contributed by atoms with Gasteiger partial charge >= 0.3 is 0 Å². The van der Waals surface area contributed by atoms with E-state index in [1.807, 2.05) is 37.3 Å². The summed E-state index contributed by atoms with van der Waals surface area (Å²) >= 11 is 0. The summed E-state index contributed by atoms with van der Waals surface area (Å²) < 4.78 is 27.8. The summed E-state index contributed by atoms with van der Waals surface area (Å²) in [5, 5.41) is 11.4. The molecule has 2 atom stereocenters. The van der Waals surface area contributed by atoms with Crippen molar-refractivity contribution in [1.82, 2.24) is 34.6 Å². The zero-order valence-corrected chi connectivity index (χ0v) is 17.7. The number of benzene rings is 1. The van der Waals surface area contributed by atoms with Crippen molar-refractivity contribution < 1.29 is 13.2 Å². The Bertz CT molecular complexity index is 1170. The second kappa shape index (κ2) is 7.65. The van der Waals surface area contributed by atoms with Crippen LogP contribution in [0.25, 0.3) is 11.4 Å². The highest BCUT2D eigenvalue weighted by molar-refractivity contribution is 7.88. The molecule has 0 saturated carbocycles. The quantitative estimate of drug-likeness (QED) is 0.624. The molecular weight excluding hydrogens is 406 g/mol. The monoisotopic (exact) mass is 429 g/mol. The van der Waals surface area contributed by atoms with E-state index in [4.69, 9.17) is 0 Å². The summed E-state index contributed by atoms with van der Waals surface area (Å²) in [4.78, 5) is 19.5. The van der Waals surface area contributed by atoms with Crippen LogP contribution in [0.1, 0.15) is 34.3 Å². The largest absolute Gasteiger partial charge is 0.327 e. The molecule has 1 fully saturated rings. The van der Waals surface area contributed by atoms with Gasteiger partial charge in [0.25, 0.3) is 5.91 Å². The van der Waals surface area contributed by atoms with Gasteiger partial charge in [0.2, 0.25) is 10.0 Å². The molecule has 30 heavy (non-hydrogen) atoms. The average molecular weight is 430 g/mol. The van der Waals surface area contributed by atoms with Gasteiger partial charge in [-0.2, -0.15) is 10.2 Å². The number of carbonyl (C=O) groups is 1. The van der Waals surface area contributed by atoms with Crippen LogP contribution < -0.4 is 4.72 Å². The van der Waals surface area contributed by atoms with Crippen molar-refractivity contribution in [3.05, 3.63) is 53.6 Å². The lowest BCUT2D eigenvalue weighted by atomic mass is 10.1. The third-order valence-electron chi connectivity index (χ3n) is 5.26. The van der Waals surface area contributed by atoms with E-state index in [0.717, 1.165) is 17.5 Å². The lowest BCUT2D eigenvalue weighted by Crippen LogP contribution is -2.38. The van der Waals surface area contributed by atoms with Gasteiger partial charge in [-0.05, 0) is 13.3 Å². The molecule has 0 spiro atoms. The Morgan fingerprint density at radius 1 is 1.27 bits per heavy atom. The first-order chi connectivity index (χ1) is 14.2. The van der Waals surface area contributed by atoms with E-state index in [-0.39, 0.29) is 12.5 Å². The second-order valence-electron chi connectivity index (χ2n) is 7.47. The smallest absolute Gasteiger partial charge is 0.257 e. The van der Waals surface area contributed by atoms with Gasteiger partial charge in [-0.25, -0.2) is 18.1 Å². The number of nitrogens with zero attached hydrogens (tertiary/aromatic N) is 5. The molecule has 1 saturated heterocycles. The van der Waals surface area contributed by atoms with E-state index >= 15 is 0 Å². The van der Waals surface area contributed by atoms with Crippen molar-refractivity contribution >= 4 is 15.9 Å². The van der Waals surface area contributed by atoms with Gasteiger partial charge < -0.3 is 4.90 Å². The van der Waals surface area contributed by atoms with Crippen molar-refractivity contribution in [3.63, 3.8) is 0 Å². The molecule has 3 heterocycles. The topological polar surface area (TPSA) is 126 Å². The Morgan fingerprint density at radius 2 is 2.00 bits per heavy atom. The normalized spacial score (nSPS) is 19.4. The predicted molar refractivity (Wildman–Crippen MR) is 110 cm³/mol. The Morgan fingerprint density at radius 3 is 2.63 bits per heavy atom. The van der Waals surface area contributed by atoms with E-state index in [1.165, 1.54) is 6.20 Å². The second-order valence-corrected chi connectivity index (χ2v) is 9.25. The number of sulfonamides is 1. The van der Waals surface area contributed by atoms with Gasteiger partial charge in [0.15, 0.2) is 5.82 Å². The lowest BCUT2D eigenvalue weighted by molar-refractivity contribution is 0.0727. The molecule has 10 nitrogen and oxygen atoms in total. The number of nitrogens with one attached hydrogen (secondary N) is 2. The van der Waals surface area contributed by atoms with E-state index in [9.17, 15) is 13.2 Å². The van der Waals surface area contributed by atoms with Crippen molar-refractivity contribution in [2.45, 2.75) is 25.4 Å². The molecule has 4 rings (SSSR count). The highest BCUT2D eigenvalue weighted by atomic mass is 32.2. The number of aromatic amines is 1. The van der Waals surface area contributed by atoms with Crippen molar-refractivity contribution in [1.29, 1.82) is 0 Å². The summed E-state index contributed by atoms with van der Waals surface area (Å²) in [6, 6.07) is 8.64. The first-order valence-corrected chi connectivity index (χ1v) is 11.4. The molecule has 2 unspecified atom stereocenters. The third-order valence-corrected chi connectivity index (χ3v) is 6.02. The van der Waals surface area contributed by atoms with Crippen LogP contribution in [0.5, 0.6) is 0 Å².